The van der Waals surface area contributed by atoms with Crippen molar-refractivity contribution in [2.24, 2.45) is 11.1 Å². The van der Waals surface area contributed by atoms with Crippen LogP contribution in [0.3, 0.4) is 0 Å². The van der Waals surface area contributed by atoms with E-state index >= 15 is 0 Å². The van der Waals surface area contributed by atoms with E-state index in [9.17, 15) is 4.79 Å². The summed E-state index contributed by atoms with van der Waals surface area (Å²) in [5, 5.41) is 0. The Morgan fingerprint density at radius 2 is 1.69 bits per heavy atom. The van der Waals surface area contributed by atoms with Crippen molar-refractivity contribution in [2.75, 3.05) is 0 Å². The lowest BCUT2D eigenvalue weighted by atomic mass is 9.57. The van der Waals surface area contributed by atoms with Gasteiger partial charge in [0.05, 0.1) is 0 Å². The summed E-state index contributed by atoms with van der Waals surface area (Å²) in [6.45, 7) is 5.66. The first-order valence-corrected chi connectivity index (χ1v) is 6.27. The van der Waals surface area contributed by atoms with Crippen molar-refractivity contribution < 1.29 is 9.53 Å². The van der Waals surface area contributed by atoms with Crippen LogP contribution in [0, 0.1) is 5.41 Å². The van der Waals surface area contributed by atoms with Gasteiger partial charge in [0, 0.05) is 0 Å². The van der Waals surface area contributed by atoms with E-state index in [0.717, 1.165) is 12.8 Å². The van der Waals surface area contributed by atoms with Crippen LogP contribution in [0.5, 0.6) is 0 Å². The Labute approximate surface area is 97.7 Å². The van der Waals surface area contributed by atoms with Crippen molar-refractivity contribution in [1.29, 1.82) is 0 Å². The summed E-state index contributed by atoms with van der Waals surface area (Å²) in [6, 6.07) is 0. The normalized spacial score (nSPS) is 26.5. The number of ether oxygens (including phenoxy) is 1. The smallest absolute Gasteiger partial charge is 0.326 e. The molecule has 16 heavy (non-hydrogen) atoms. The molecule has 0 bridgehead atoms. The number of carbonyl (C=O) groups is 1. The van der Waals surface area contributed by atoms with Crippen LogP contribution >= 0.6 is 0 Å². The molecule has 0 atom stereocenters. The maximum absolute atomic E-state index is 12.0. The second-order valence-corrected chi connectivity index (χ2v) is 6.72. The van der Waals surface area contributed by atoms with Crippen LogP contribution in [0.25, 0.3) is 0 Å². The topological polar surface area (TPSA) is 52.3 Å². The van der Waals surface area contributed by atoms with Gasteiger partial charge in [0.15, 0.2) is 0 Å². The molecule has 0 unspecified atom stereocenters. The number of hydrogen-bond donors (Lipinski definition) is 1. The maximum Gasteiger partial charge on any atom is 0.326 e. The molecule has 2 rings (SSSR count). The van der Waals surface area contributed by atoms with Gasteiger partial charge in [-0.05, 0) is 51.9 Å². The summed E-state index contributed by atoms with van der Waals surface area (Å²) in [4.78, 5) is 12.0. The predicted molar refractivity (Wildman–Crippen MR) is 62.9 cm³/mol. The SMILES string of the molecule is CC(C)(C)OC(=O)C1(N)CC2(CCCC2)C1. The van der Waals surface area contributed by atoms with E-state index in [2.05, 4.69) is 0 Å². The fourth-order valence-electron chi connectivity index (χ4n) is 3.29. The largest absolute Gasteiger partial charge is 0.459 e. The zero-order chi connectivity index (χ0) is 12.0. The van der Waals surface area contributed by atoms with E-state index in [0.29, 0.717) is 5.41 Å². The molecule has 2 fully saturated rings. The molecular formula is C13H23NO2. The van der Waals surface area contributed by atoms with Gasteiger partial charge < -0.3 is 10.5 Å². The van der Waals surface area contributed by atoms with Gasteiger partial charge in [0.1, 0.15) is 11.1 Å². The summed E-state index contributed by atoms with van der Waals surface area (Å²) in [7, 11) is 0. The maximum atomic E-state index is 12.0. The average molecular weight is 225 g/mol. The summed E-state index contributed by atoms with van der Waals surface area (Å²) in [5.74, 6) is -0.211. The van der Waals surface area contributed by atoms with Crippen LogP contribution in [-0.2, 0) is 9.53 Å². The summed E-state index contributed by atoms with van der Waals surface area (Å²) in [6.07, 6.45) is 6.74. The van der Waals surface area contributed by atoms with Crippen LogP contribution < -0.4 is 5.73 Å². The highest BCUT2D eigenvalue weighted by Crippen LogP contribution is 2.57. The van der Waals surface area contributed by atoms with E-state index in [1.54, 1.807) is 0 Å². The van der Waals surface area contributed by atoms with Gasteiger partial charge >= 0.3 is 5.97 Å². The highest BCUT2D eigenvalue weighted by molar-refractivity contribution is 5.82. The number of hydrogen-bond acceptors (Lipinski definition) is 3. The third-order valence-corrected chi connectivity index (χ3v) is 3.85. The minimum atomic E-state index is -0.697. The van der Waals surface area contributed by atoms with Gasteiger partial charge in [-0.15, -0.1) is 0 Å². The van der Waals surface area contributed by atoms with Crippen LogP contribution in [-0.4, -0.2) is 17.1 Å². The molecule has 0 aliphatic heterocycles. The molecule has 0 aromatic carbocycles. The van der Waals surface area contributed by atoms with Crippen LogP contribution in [0.1, 0.15) is 59.3 Å². The van der Waals surface area contributed by atoms with E-state index in [1.807, 2.05) is 20.8 Å². The summed E-state index contributed by atoms with van der Waals surface area (Å²) in [5.41, 5.74) is 5.39. The number of nitrogens with two attached hydrogens (primary N) is 1. The second-order valence-electron chi connectivity index (χ2n) is 6.72. The van der Waals surface area contributed by atoms with Crippen molar-refractivity contribution in [3.05, 3.63) is 0 Å². The third kappa shape index (κ3) is 2.10. The minimum Gasteiger partial charge on any atom is -0.459 e. The molecule has 92 valence electrons. The van der Waals surface area contributed by atoms with Crippen molar-refractivity contribution in [2.45, 2.75) is 70.4 Å². The molecular weight excluding hydrogens is 202 g/mol. The molecule has 0 amide bonds. The quantitative estimate of drug-likeness (QED) is 0.697. The van der Waals surface area contributed by atoms with E-state index < -0.39 is 11.1 Å². The Morgan fingerprint density at radius 3 is 2.12 bits per heavy atom. The van der Waals surface area contributed by atoms with Crippen molar-refractivity contribution in [1.82, 2.24) is 0 Å². The van der Waals surface area contributed by atoms with Gasteiger partial charge in [-0.2, -0.15) is 0 Å². The van der Waals surface area contributed by atoms with Crippen molar-refractivity contribution in [3.8, 4) is 0 Å². The molecule has 2 aliphatic rings. The van der Waals surface area contributed by atoms with Gasteiger partial charge in [-0.1, -0.05) is 12.8 Å². The monoisotopic (exact) mass is 225 g/mol. The first-order chi connectivity index (χ1) is 7.25. The standard InChI is InChI=1S/C13H23NO2/c1-11(2,3)16-10(15)13(14)8-12(9-13)6-4-5-7-12/h4-9,14H2,1-3H3. The van der Waals surface area contributed by atoms with Crippen LogP contribution in [0.4, 0.5) is 0 Å². The molecule has 3 nitrogen and oxygen atoms in total. The number of carbonyl (C=O) groups excluding carboxylic acids is 1. The van der Waals surface area contributed by atoms with E-state index in [1.165, 1.54) is 25.7 Å². The fraction of sp³-hybridized carbons (Fsp3) is 0.923. The Hall–Kier alpha value is -0.570. The third-order valence-electron chi connectivity index (χ3n) is 3.85. The fourth-order valence-corrected chi connectivity index (χ4v) is 3.29. The van der Waals surface area contributed by atoms with Gasteiger partial charge in [-0.25, -0.2) is 0 Å². The number of esters is 1. The summed E-state index contributed by atoms with van der Waals surface area (Å²) >= 11 is 0. The minimum absolute atomic E-state index is 0.211. The predicted octanol–water partition coefficient (Wildman–Crippen LogP) is 2.38. The molecule has 0 heterocycles. The zero-order valence-electron chi connectivity index (χ0n) is 10.6. The molecule has 0 aromatic rings. The molecule has 2 aliphatic carbocycles. The first-order valence-electron chi connectivity index (χ1n) is 6.27. The van der Waals surface area contributed by atoms with Gasteiger partial charge in [0.25, 0.3) is 0 Å². The van der Waals surface area contributed by atoms with Crippen molar-refractivity contribution in [3.63, 3.8) is 0 Å². The molecule has 0 saturated heterocycles. The molecule has 3 heteroatoms. The molecule has 2 N–H and O–H groups in total. The van der Waals surface area contributed by atoms with Crippen molar-refractivity contribution >= 4 is 5.97 Å². The highest BCUT2D eigenvalue weighted by atomic mass is 16.6. The Kier molecular flexibility index (Phi) is 2.57. The lowest BCUT2D eigenvalue weighted by Crippen LogP contribution is -2.63. The Bertz CT molecular complexity index is 290. The van der Waals surface area contributed by atoms with Crippen LogP contribution in [0.15, 0.2) is 0 Å². The van der Waals surface area contributed by atoms with Gasteiger partial charge in [0.2, 0.25) is 0 Å². The average Bonchev–Trinajstić information content (AvgIpc) is 2.48. The summed E-state index contributed by atoms with van der Waals surface area (Å²) < 4.78 is 5.38. The number of rotatable bonds is 1. The van der Waals surface area contributed by atoms with Crippen LogP contribution in [0.2, 0.25) is 0 Å². The Morgan fingerprint density at radius 1 is 1.19 bits per heavy atom. The molecule has 0 aromatic heterocycles. The lowest BCUT2D eigenvalue weighted by Gasteiger charge is -2.51. The highest BCUT2D eigenvalue weighted by Gasteiger charge is 2.58. The molecule has 0 radical (unpaired) electrons. The first kappa shape index (κ1) is 11.9. The second kappa shape index (κ2) is 3.46. The molecule has 2 saturated carbocycles. The van der Waals surface area contributed by atoms with Gasteiger partial charge in [-0.3, -0.25) is 4.79 Å². The van der Waals surface area contributed by atoms with E-state index in [-0.39, 0.29) is 5.97 Å². The lowest BCUT2D eigenvalue weighted by molar-refractivity contribution is -0.171. The molecule has 1 spiro atoms. The van der Waals surface area contributed by atoms with E-state index in [4.69, 9.17) is 10.5 Å². The zero-order valence-corrected chi connectivity index (χ0v) is 10.6. The Balaban J connectivity index is 1.94.